The zero-order valence-corrected chi connectivity index (χ0v) is 17.4. The molecule has 0 spiro atoms. The van der Waals surface area contributed by atoms with Crippen molar-refractivity contribution in [3.05, 3.63) is 84.4 Å². The first-order valence-corrected chi connectivity index (χ1v) is 10.3. The number of aromatic nitrogens is 1. The molecule has 1 fully saturated rings. The highest BCUT2D eigenvalue weighted by Gasteiger charge is 2.51. The summed E-state index contributed by atoms with van der Waals surface area (Å²) in [6.45, 7) is 3.84. The van der Waals surface area contributed by atoms with Gasteiger partial charge in [0.15, 0.2) is 0 Å². The van der Waals surface area contributed by atoms with Gasteiger partial charge >= 0.3 is 6.03 Å². The molecule has 0 radical (unpaired) electrons. The quantitative estimate of drug-likeness (QED) is 0.537. The van der Waals surface area contributed by atoms with Crippen LogP contribution < -0.4 is 4.90 Å². The smallest absolute Gasteiger partial charge is 0.305 e. The summed E-state index contributed by atoms with van der Waals surface area (Å²) in [5, 5.41) is 0. The molecule has 3 aromatic rings. The number of urea groups is 1. The number of amides is 3. The molecule has 0 atom stereocenters. The van der Waals surface area contributed by atoms with Crippen molar-refractivity contribution in [2.45, 2.75) is 35.7 Å². The second-order valence-corrected chi connectivity index (χ2v) is 8.62. The van der Waals surface area contributed by atoms with Crippen molar-refractivity contribution >= 4 is 29.4 Å². The molecule has 1 saturated heterocycles. The molecular weight excluding hydrogens is 401 g/mol. The van der Waals surface area contributed by atoms with E-state index in [0.29, 0.717) is 12.2 Å². The number of nitrogens with zero attached hydrogens (tertiary/aromatic N) is 3. The summed E-state index contributed by atoms with van der Waals surface area (Å²) in [5.74, 6) is -0.541. The van der Waals surface area contributed by atoms with Gasteiger partial charge in [-0.25, -0.2) is 14.1 Å². The van der Waals surface area contributed by atoms with Crippen LogP contribution in [0.15, 0.2) is 82.8 Å². The van der Waals surface area contributed by atoms with Crippen LogP contribution >= 0.6 is 11.8 Å². The zero-order chi connectivity index (χ0) is 21.3. The van der Waals surface area contributed by atoms with Crippen LogP contribution in [0.4, 0.5) is 14.9 Å². The van der Waals surface area contributed by atoms with E-state index in [1.807, 2.05) is 24.3 Å². The molecule has 0 aliphatic carbocycles. The van der Waals surface area contributed by atoms with Crippen LogP contribution in [0.2, 0.25) is 0 Å². The van der Waals surface area contributed by atoms with E-state index in [0.717, 1.165) is 15.4 Å². The van der Waals surface area contributed by atoms with E-state index in [2.05, 4.69) is 4.98 Å². The third-order valence-electron chi connectivity index (χ3n) is 5.06. The maximum absolute atomic E-state index is 13.1. The van der Waals surface area contributed by atoms with Gasteiger partial charge in [-0.2, -0.15) is 0 Å². The number of benzene rings is 2. The highest BCUT2D eigenvalue weighted by molar-refractivity contribution is 7.99. The first-order valence-electron chi connectivity index (χ1n) is 9.45. The fourth-order valence-electron chi connectivity index (χ4n) is 3.30. The third kappa shape index (κ3) is 3.80. The van der Waals surface area contributed by atoms with E-state index in [1.165, 1.54) is 28.8 Å². The van der Waals surface area contributed by atoms with Gasteiger partial charge in [0.25, 0.3) is 5.91 Å². The molecule has 4 rings (SSSR count). The summed E-state index contributed by atoms with van der Waals surface area (Å²) >= 11 is 1.48. The van der Waals surface area contributed by atoms with Gasteiger partial charge in [0.1, 0.15) is 11.4 Å². The molecule has 2 aromatic carbocycles. The lowest BCUT2D eigenvalue weighted by molar-refractivity contribution is -0.123. The molecule has 0 N–H and O–H groups in total. The zero-order valence-electron chi connectivity index (χ0n) is 16.6. The number of hydrogen-bond acceptors (Lipinski definition) is 4. The molecule has 2 heterocycles. The summed E-state index contributed by atoms with van der Waals surface area (Å²) in [5.41, 5.74) is 0.480. The Morgan fingerprint density at radius 1 is 0.900 bits per heavy atom. The maximum Gasteiger partial charge on any atom is 0.332 e. The summed E-state index contributed by atoms with van der Waals surface area (Å²) in [6, 6.07) is 16.8. The molecule has 30 heavy (non-hydrogen) atoms. The standard InChI is InChI=1S/C23H20FN3O2S/c1-23(2)21(28)27(22(29)26(23)15-16-11-13-25-14-12-16)18-5-9-20(10-6-18)30-19-7-3-17(24)4-8-19/h3-14H,15H2,1-2H3. The Kier molecular flexibility index (Phi) is 5.30. The number of halogens is 1. The van der Waals surface area contributed by atoms with Crippen LogP contribution in [0.5, 0.6) is 0 Å². The molecule has 1 aliphatic heterocycles. The lowest BCUT2D eigenvalue weighted by Crippen LogP contribution is -2.43. The minimum Gasteiger partial charge on any atom is -0.305 e. The van der Waals surface area contributed by atoms with Crippen LogP contribution in [0, 0.1) is 5.82 Å². The Balaban J connectivity index is 1.55. The number of anilines is 1. The molecule has 3 amide bonds. The van der Waals surface area contributed by atoms with E-state index in [-0.39, 0.29) is 17.8 Å². The maximum atomic E-state index is 13.1. The Morgan fingerprint density at radius 3 is 2.07 bits per heavy atom. The van der Waals surface area contributed by atoms with Crippen LogP contribution in [-0.2, 0) is 11.3 Å². The lowest BCUT2D eigenvalue weighted by atomic mass is 10.0. The summed E-state index contributed by atoms with van der Waals surface area (Å²) in [4.78, 5) is 34.8. The Bertz CT molecular complexity index is 1070. The summed E-state index contributed by atoms with van der Waals surface area (Å²) in [7, 11) is 0. The molecule has 0 saturated carbocycles. The number of imide groups is 1. The SMILES string of the molecule is CC1(C)C(=O)N(c2ccc(Sc3ccc(F)cc3)cc2)C(=O)N1Cc1ccncc1. The van der Waals surface area contributed by atoms with E-state index < -0.39 is 5.54 Å². The average molecular weight is 421 g/mol. The molecule has 0 bridgehead atoms. The number of pyridine rings is 1. The first-order chi connectivity index (χ1) is 14.4. The van der Waals surface area contributed by atoms with Crippen LogP contribution in [0.3, 0.4) is 0 Å². The molecule has 152 valence electrons. The van der Waals surface area contributed by atoms with Crippen LogP contribution in [0.1, 0.15) is 19.4 Å². The van der Waals surface area contributed by atoms with Crippen molar-refractivity contribution in [3.8, 4) is 0 Å². The van der Waals surface area contributed by atoms with Gasteiger partial charge < -0.3 is 4.90 Å². The van der Waals surface area contributed by atoms with Crippen molar-refractivity contribution in [2.75, 3.05) is 4.90 Å². The Labute approximate surface area is 178 Å². The van der Waals surface area contributed by atoms with Crippen molar-refractivity contribution in [2.24, 2.45) is 0 Å². The Morgan fingerprint density at radius 2 is 1.47 bits per heavy atom. The van der Waals surface area contributed by atoms with Crippen molar-refractivity contribution < 1.29 is 14.0 Å². The minimum absolute atomic E-state index is 0.263. The average Bonchev–Trinajstić information content (AvgIpc) is 2.91. The highest BCUT2D eigenvalue weighted by Crippen LogP contribution is 2.35. The van der Waals surface area contributed by atoms with Gasteiger partial charge in [0.05, 0.1) is 5.69 Å². The monoisotopic (exact) mass is 421 g/mol. The number of carbonyl (C=O) groups is 2. The first kappa shape index (κ1) is 20.1. The van der Waals surface area contributed by atoms with Gasteiger partial charge in [-0.1, -0.05) is 11.8 Å². The number of rotatable bonds is 5. The second kappa shape index (κ2) is 7.91. The molecule has 1 aromatic heterocycles. The predicted octanol–water partition coefficient (Wildman–Crippen LogP) is 5.12. The number of carbonyl (C=O) groups excluding carboxylic acids is 2. The molecular formula is C23H20FN3O2S. The van der Waals surface area contributed by atoms with E-state index >= 15 is 0 Å². The highest BCUT2D eigenvalue weighted by atomic mass is 32.2. The molecule has 0 unspecified atom stereocenters. The van der Waals surface area contributed by atoms with Gasteiger partial charge in [-0.15, -0.1) is 0 Å². The van der Waals surface area contributed by atoms with Crippen molar-refractivity contribution in [3.63, 3.8) is 0 Å². The fraction of sp³-hybridized carbons (Fsp3) is 0.174. The summed E-state index contributed by atoms with van der Waals surface area (Å²) < 4.78 is 13.1. The van der Waals surface area contributed by atoms with E-state index in [1.54, 1.807) is 55.4 Å². The lowest BCUT2D eigenvalue weighted by Gasteiger charge is -2.27. The predicted molar refractivity (Wildman–Crippen MR) is 114 cm³/mol. The topological polar surface area (TPSA) is 53.5 Å². The molecule has 1 aliphatic rings. The van der Waals surface area contributed by atoms with Gasteiger partial charge in [-0.3, -0.25) is 9.78 Å². The van der Waals surface area contributed by atoms with E-state index in [9.17, 15) is 14.0 Å². The number of hydrogen-bond donors (Lipinski definition) is 0. The summed E-state index contributed by atoms with van der Waals surface area (Å²) in [6.07, 6.45) is 3.33. The van der Waals surface area contributed by atoms with Gasteiger partial charge in [0.2, 0.25) is 0 Å². The van der Waals surface area contributed by atoms with Crippen LogP contribution in [-0.4, -0.2) is 27.4 Å². The largest absolute Gasteiger partial charge is 0.332 e. The van der Waals surface area contributed by atoms with Gasteiger partial charge in [0, 0.05) is 28.7 Å². The van der Waals surface area contributed by atoms with E-state index in [4.69, 9.17) is 0 Å². The molecule has 7 heteroatoms. The van der Waals surface area contributed by atoms with Crippen LogP contribution in [0.25, 0.3) is 0 Å². The fourth-order valence-corrected chi connectivity index (χ4v) is 4.12. The van der Waals surface area contributed by atoms with Crippen molar-refractivity contribution in [1.82, 2.24) is 9.88 Å². The minimum atomic E-state index is -0.956. The Hall–Kier alpha value is -3.19. The van der Waals surface area contributed by atoms with Gasteiger partial charge in [-0.05, 0) is 80.1 Å². The van der Waals surface area contributed by atoms with Crippen molar-refractivity contribution in [1.29, 1.82) is 0 Å². The second-order valence-electron chi connectivity index (χ2n) is 7.47. The molecule has 5 nitrogen and oxygen atoms in total. The third-order valence-corrected chi connectivity index (χ3v) is 6.07. The normalized spacial score (nSPS) is 15.7.